The molecule has 1 aromatic rings. The van der Waals surface area contributed by atoms with Crippen molar-refractivity contribution in [1.29, 1.82) is 0 Å². The molecule has 2 aliphatic heterocycles. The fourth-order valence-corrected chi connectivity index (χ4v) is 4.05. The Morgan fingerprint density at radius 2 is 1.85 bits per heavy atom. The second-order valence-corrected chi connectivity index (χ2v) is 7.77. The van der Waals surface area contributed by atoms with Crippen LogP contribution in [0, 0.1) is 6.92 Å². The van der Waals surface area contributed by atoms with Gasteiger partial charge in [-0.1, -0.05) is 29.8 Å². The normalized spacial score (nSPS) is 21.7. The molecule has 2 aliphatic rings. The summed E-state index contributed by atoms with van der Waals surface area (Å²) in [5, 5.41) is 3.08. The van der Waals surface area contributed by atoms with Gasteiger partial charge in [0.15, 0.2) is 0 Å². The zero-order valence-electron chi connectivity index (χ0n) is 15.9. The Kier molecular flexibility index (Phi) is 6.67. The van der Waals surface area contributed by atoms with Gasteiger partial charge >= 0.3 is 0 Å². The van der Waals surface area contributed by atoms with Crippen molar-refractivity contribution in [3.05, 3.63) is 35.4 Å². The van der Waals surface area contributed by atoms with E-state index in [1.807, 2.05) is 19.1 Å². The number of nitrogens with one attached hydrogen (secondary N) is 2. The average molecular weight is 359 g/mol. The molecule has 0 saturated carbocycles. The van der Waals surface area contributed by atoms with Gasteiger partial charge in [-0.2, -0.15) is 0 Å². The monoisotopic (exact) mass is 358 g/mol. The summed E-state index contributed by atoms with van der Waals surface area (Å²) in [6.07, 6.45) is 6.38. The van der Waals surface area contributed by atoms with Crippen LogP contribution in [0.2, 0.25) is 0 Å². The summed E-state index contributed by atoms with van der Waals surface area (Å²) in [7, 11) is 0. The van der Waals surface area contributed by atoms with E-state index in [0.29, 0.717) is 25.9 Å². The van der Waals surface area contributed by atoms with Gasteiger partial charge in [-0.05, 0) is 44.6 Å². The first kappa shape index (κ1) is 18.9. The van der Waals surface area contributed by atoms with Crippen LogP contribution >= 0.6 is 0 Å². The standard InChI is InChI=1S/C21H31N3O2/c1-17-6-8-18(9-7-17)16-24-19(10-11-20(24)25)21(26)22-12-15-23-13-4-2-3-5-14-23/h6-9,19H,2-5,10-16H2,1H3,(H,22,26)/p+1. The number of rotatable bonds is 6. The molecule has 3 rings (SSSR count). The van der Waals surface area contributed by atoms with Gasteiger partial charge in [-0.3, -0.25) is 9.59 Å². The molecule has 2 N–H and O–H groups in total. The molecule has 2 saturated heterocycles. The van der Waals surface area contributed by atoms with E-state index in [9.17, 15) is 9.59 Å². The molecule has 0 radical (unpaired) electrons. The third kappa shape index (κ3) is 5.07. The molecule has 0 aliphatic carbocycles. The lowest BCUT2D eigenvalue weighted by atomic mass is 10.1. The van der Waals surface area contributed by atoms with Crippen LogP contribution in [0.25, 0.3) is 0 Å². The zero-order valence-corrected chi connectivity index (χ0v) is 15.9. The molecule has 0 aromatic heterocycles. The van der Waals surface area contributed by atoms with Crippen molar-refractivity contribution in [2.24, 2.45) is 0 Å². The molecule has 5 nitrogen and oxygen atoms in total. The lowest BCUT2D eigenvalue weighted by Gasteiger charge is -2.25. The molecule has 1 unspecified atom stereocenters. The number of quaternary nitrogens is 1. The van der Waals surface area contributed by atoms with Crippen molar-refractivity contribution in [2.45, 2.75) is 58.0 Å². The molecule has 0 spiro atoms. The summed E-state index contributed by atoms with van der Waals surface area (Å²) in [5.41, 5.74) is 2.28. The number of carbonyl (C=O) groups excluding carboxylic acids is 2. The highest BCUT2D eigenvalue weighted by atomic mass is 16.2. The molecule has 2 heterocycles. The van der Waals surface area contributed by atoms with Crippen LogP contribution in [0.3, 0.4) is 0 Å². The minimum absolute atomic E-state index is 0.0113. The quantitative estimate of drug-likeness (QED) is 0.799. The van der Waals surface area contributed by atoms with Gasteiger partial charge in [0.1, 0.15) is 6.04 Å². The zero-order chi connectivity index (χ0) is 18.4. The van der Waals surface area contributed by atoms with Gasteiger partial charge in [0, 0.05) is 13.0 Å². The van der Waals surface area contributed by atoms with Gasteiger partial charge in [-0.25, -0.2) is 0 Å². The van der Waals surface area contributed by atoms with Crippen molar-refractivity contribution in [3.63, 3.8) is 0 Å². The summed E-state index contributed by atoms with van der Waals surface area (Å²) < 4.78 is 0. The van der Waals surface area contributed by atoms with Gasteiger partial charge < -0.3 is 15.1 Å². The topological polar surface area (TPSA) is 53.9 Å². The lowest BCUT2D eigenvalue weighted by Crippen LogP contribution is -3.12. The summed E-state index contributed by atoms with van der Waals surface area (Å²) in [6, 6.07) is 7.86. The molecule has 26 heavy (non-hydrogen) atoms. The number of likely N-dealkylation sites (tertiary alicyclic amines) is 2. The first-order valence-electron chi connectivity index (χ1n) is 10.1. The van der Waals surface area contributed by atoms with Crippen LogP contribution < -0.4 is 10.2 Å². The van der Waals surface area contributed by atoms with Crippen molar-refractivity contribution < 1.29 is 14.5 Å². The molecule has 1 atom stereocenters. The molecule has 0 bridgehead atoms. The Morgan fingerprint density at radius 1 is 1.15 bits per heavy atom. The van der Waals surface area contributed by atoms with Crippen LogP contribution in [-0.2, 0) is 16.1 Å². The summed E-state index contributed by atoms with van der Waals surface area (Å²) in [4.78, 5) is 28.3. The van der Waals surface area contributed by atoms with Crippen LogP contribution in [-0.4, -0.2) is 48.9 Å². The van der Waals surface area contributed by atoms with E-state index in [2.05, 4.69) is 17.4 Å². The predicted octanol–water partition coefficient (Wildman–Crippen LogP) is 1.06. The SMILES string of the molecule is Cc1ccc(CN2C(=O)CCC2C(=O)NCC[NH+]2CCCCCC2)cc1. The van der Waals surface area contributed by atoms with Crippen molar-refractivity contribution >= 4 is 11.8 Å². The summed E-state index contributed by atoms with van der Waals surface area (Å²) in [5.74, 6) is 0.0982. The number of aryl methyl sites for hydroxylation is 1. The van der Waals surface area contributed by atoms with E-state index in [1.54, 1.807) is 9.80 Å². The Morgan fingerprint density at radius 3 is 2.54 bits per heavy atom. The highest BCUT2D eigenvalue weighted by molar-refractivity contribution is 5.90. The van der Waals surface area contributed by atoms with E-state index in [1.165, 1.54) is 44.3 Å². The summed E-state index contributed by atoms with van der Waals surface area (Å²) >= 11 is 0. The molecular weight excluding hydrogens is 326 g/mol. The van der Waals surface area contributed by atoms with Crippen LogP contribution in [0.15, 0.2) is 24.3 Å². The van der Waals surface area contributed by atoms with Crippen molar-refractivity contribution in [3.8, 4) is 0 Å². The first-order chi connectivity index (χ1) is 12.6. The Balaban J connectivity index is 1.50. The van der Waals surface area contributed by atoms with Gasteiger partial charge in [0.25, 0.3) is 0 Å². The number of benzene rings is 1. The largest absolute Gasteiger partial charge is 0.349 e. The molecule has 2 fully saturated rings. The van der Waals surface area contributed by atoms with Gasteiger partial charge in [0.05, 0.1) is 26.2 Å². The lowest BCUT2D eigenvalue weighted by molar-refractivity contribution is -0.898. The van der Waals surface area contributed by atoms with E-state index in [4.69, 9.17) is 0 Å². The maximum Gasteiger partial charge on any atom is 0.243 e. The highest BCUT2D eigenvalue weighted by Gasteiger charge is 2.35. The summed E-state index contributed by atoms with van der Waals surface area (Å²) in [6.45, 7) is 6.71. The van der Waals surface area contributed by atoms with E-state index < -0.39 is 0 Å². The number of hydrogen-bond donors (Lipinski definition) is 2. The third-order valence-electron chi connectivity index (χ3n) is 5.69. The Labute approximate surface area is 156 Å². The predicted molar refractivity (Wildman–Crippen MR) is 102 cm³/mol. The molecule has 142 valence electrons. The molecule has 2 amide bonds. The minimum Gasteiger partial charge on any atom is -0.349 e. The third-order valence-corrected chi connectivity index (χ3v) is 5.69. The van der Waals surface area contributed by atoms with E-state index >= 15 is 0 Å². The smallest absolute Gasteiger partial charge is 0.243 e. The van der Waals surface area contributed by atoms with E-state index in [0.717, 1.165) is 12.1 Å². The fourth-order valence-electron chi connectivity index (χ4n) is 4.05. The average Bonchev–Trinajstić information content (AvgIpc) is 2.84. The van der Waals surface area contributed by atoms with Gasteiger partial charge in [-0.15, -0.1) is 0 Å². The molecule has 5 heteroatoms. The number of carbonyl (C=O) groups is 2. The fraction of sp³-hybridized carbons (Fsp3) is 0.619. The van der Waals surface area contributed by atoms with Crippen LogP contribution in [0.5, 0.6) is 0 Å². The second-order valence-electron chi connectivity index (χ2n) is 7.77. The minimum atomic E-state index is -0.317. The second kappa shape index (κ2) is 9.17. The molecular formula is C21H32N3O2+. The van der Waals surface area contributed by atoms with Crippen molar-refractivity contribution in [2.75, 3.05) is 26.2 Å². The number of nitrogens with zero attached hydrogens (tertiary/aromatic N) is 1. The first-order valence-corrected chi connectivity index (χ1v) is 10.1. The van der Waals surface area contributed by atoms with E-state index in [-0.39, 0.29) is 17.9 Å². The maximum absolute atomic E-state index is 12.6. The number of amides is 2. The number of hydrogen-bond acceptors (Lipinski definition) is 2. The van der Waals surface area contributed by atoms with Crippen LogP contribution in [0.4, 0.5) is 0 Å². The molecule has 1 aromatic carbocycles. The highest BCUT2D eigenvalue weighted by Crippen LogP contribution is 2.21. The van der Waals surface area contributed by atoms with Crippen LogP contribution in [0.1, 0.15) is 49.7 Å². The Bertz CT molecular complexity index is 606. The van der Waals surface area contributed by atoms with Gasteiger partial charge in [0.2, 0.25) is 11.8 Å². The Hall–Kier alpha value is -1.88. The van der Waals surface area contributed by atoms with Crippen molar-refractivity contribution in [1.82, 2.24) is 10.2 Å². The maximum atomic E-state index is 12.6.